The third kappa shape index (κ3) is 3.08. The fraction of sp³-hybridized carbons (Fsp3) is 0.357. The van der Waals surface area contributed by atoms with Crippen molar-refractivity contribution in [3.05, 3.63) is 45.5 Å². The van der Waals surface area contributed by atoms with Gasteiger partial charge in [0, 0.05) is 45.6 Å². The number of anilines is 1. The molecule has 0 N–H and O–H groups in total. The summed E-state index contributed by atoms with van der Waals surface area (Å²) in [5, 5.41) is 4.02. The minimum absolute atomic E-state index is 0.190. The molecule has 0 aromatic carbocycles. The molecule has 1 fully saturated rings. The topological polar surface area (TPSA) is 88.4 Å². The van der Waals surface area contributed by atoms with Crippen LogP contribution in [0.15, 0.2) is 44.9 Å². The Labute approximate surface area is 147 Å². The molecule has 2 aromatic heterocycles. The number of piperazine rings is 1. The van der Waals surface area contributed by atoms with Crippen molar-refractivity contribution in [2.24, 2.45) is 7.05 Å². The van der Waals surface area contributed by atoms with E-state index in [0.29, 0.717) is 36.3 Å². The first kappa shape index (κ1) is 17.1. The van der Waals surface area contributed by atoms with Gasteiger partial charge in [-0.15, -0.1) is 0 Å². The third-order valence-electron chi connectivity index (χ3n) is 3.91. The zero-order valence-electron chi connectivity index (χ0n) is 13.0. The van der Waals surface area contributed by atoms with Crippen LogP contribution < -0.4 is 10.5 Å². The van der Waals surface area contributed by atoms with Gasteiger partial charge in [0.2, 0.25) is 10.0 Å². The van der Waals surface area contributed by atoms with Crippen LogP contribution in [-0.2, 0) is 17.1 Å². The summed E-state index contributed by atoms with van der Waals surface area (Å²) in [4.78, 5) is 18.0. The Bertz CT molecular complexity index is 892. The monoisotopic (exact) mass is 413 g/mol. The molecule has 0 atom stereocenters. The van der Waals surface area contributed by atoms with Crippen LogP contribution in [0, 0.1) is 0 Å². The van der Waals surface area contributed by atoms with E-state index in [1.54, 1.807) is 19.3 Å². The first-order valence-corrected chi connectivity index (χ1v) is 9.51. The first-order chi connectivity index (χ1) is 11.4. The van der Waals surface area contributed by atoms with Gasteiger partial charge in [0.15, 0.2) is 0 Å². The quantitative estimate of drug-likeness (QED) is 0.725. The number of hydrogen-bond acceptors (Lipinski definition) is 6. The van der Waals surface area contributed by atoms with Crippen molar-refractivity contribution in [1.82, 2.24) is 19.1 Å². The molecule has 0 unspecified atom stereocenters. The smallest absolute Gasteiger partial charge is 0.282 e. The molecule has 1 aliphatic rings. The average molecular weight is 414 g/mol. The van der Waals surface area contributed by atoms with E-state index in [4.69, 9.17) is 0 Å². The molecule has 24 heavy (non-hydrogen) atoms. The molecule has 0 aliphatic carbocycles. The lowest BCUT2D eigenvalue weighted by molar-refractivity contribution is 0.384. The Morgan fingerprint density at radius 3 is 2.50 bits per heavy atom. The van der Waals surface area contributed by atoms with Crippen molar-refractivity contribution in [3.8, 4) is 0 Å². The lowest BCUT2D eigenvalue weighted by Crippen LogP contribution is -2.49. The first-order valence-electron chi connectivity index (χ1n) is 7.28. The second-order valence-electron chi connectivity index (χ2n) is 5.35. The predicted molar refractivity (Wildman–Crippen MR) is 92.4 cm³/mol. The van der Waals surface area contributed by atoms with E-state index in [1.807, 2.05) is 4.90 Å². The Hall–Kier alpha value is -1.78. The van der Waals surface area contributed by atoms with Crippen molar-refractivity contribution >= 4 is 31.6 Å². The van der Waals surface area contributed by atoms with Crippen LogP contribution in [0.2, 0.25) is 0 Å². The van der Waals surface area contributed by atoms with Crippen LogP contribution in [0.25, 0.3) is 0 Å². The Morgan fingerprint density at radius 2 is 1.88 bits per heavy atom. The number of nitrogens with zero attached hydrogens (tertiary/aromatic N) is 5. The molecule has 2 aromatic rings. The maximum Gasteiger partial charge on any atom is 0.282 e. The van der Waals surface area contributed by atoms with E-state index < -0.39 is 10.0 Å². The summed E-state index contributed by atoms with van der Waals surface area (Å²) in [6.07, 6.45) is 4.50. The highest BCUT2D eigenvalue weighted by molar-refractivity contribution is 9.10. The largest absolute Gasteiger partial charge is 0.367 e. The van der Waals surface area contributed by atoms with Crippen molar-refractivity contribution in [3.63, 3.8) is 0 Å². The lowest BCUT2D eigenvalue weighted by Gasteiger charge is -2.35. The third-order valence-corrected chi connectivity index (χ3v) is 6.54. The number of pyridine rings is 1. The summed E-state index contributed by atoms with van der Waals surface area (Å²) < 4.78 is 28.3. The molecular formula is C14H16BrN5O3S. The molecular weight excluding hydrogens is 398 g/mol. The van der Waals surface area contributed by atoms with Crippen molar-refractivity contribution in [1.29, 1.82) is 0 Å². The standard InChI is InChI=1S/C14H16BrN5O3S/c1-18-14(21)13(15)12(10-17-18)19-5-7-20(8-6-19)24(22,23)11-3-2-4-16-9-11/h2-4,9-10H,5-8H2,1H3. The summed E-state index contributed by atoms with van der Waals surface area (Å²) in [6, 6.07) is 3.14. The van der Waals surface area contributed by atoms with Crippen molar-refractivity contribution in [2.45, 2.75) is 4.90 Å². The molecule has 8 nitrogen and oxygen atoms in total. The minimum atomic E-state index is -3.54. The molecule has 1 saturated heterocycles. The molecule has 0 saturated carbocycles. The number of halogens is 1. The van der Waals surface area contributed by atoms with Gasteiger partial charge in [0.1, 0.15) is 9.37 Å². The van der Waals surface area contributed by atoms with E-state index in [0.717, 1.165) is 0 Å². The molecule has 0 spiro atoms. The summed E-state index contributed by atoms with van der Waals surface area (Å²) in [7, 11) is -1.96. The number of hydrogen-bond donors (Lipinski definition) is 0. The number of aryl methyl sites for hydroxylation is 1. The highest BCUT2D eigenvalue weighted by Crippen LogP contribution is 2.24. The normalized spacial score (nSPS) is 16.3. The maximum absolute atomic E-state index is 12.6. The molecule has 3 rings (SSSR count). The second kappa shape index (κ2) is 6.61. The summed E-state index contributed by atoms with van der Waals surface area (Å²) >= 11 is 3.30. The van der Waals surface area contributed by atoms with E-state index in [2.05, 4.69) is 26.0 Å². The Balaban J connectivity index is 1.77. The maximum atomic E-state index is 12.6. The van der Waals surface area contributed by atoms with Gasteiger partial charge in [-0.2, -0.15) is 9.40 Å². The molecule has 10 heteroatoms. The van der Waals surface area contributed by atoms with Gasteiger partial charge in [0.25, 0.3) is 5.56 Å². The molecule has 128 valence electrons. The second-order valence-corrected chi connectivity index (χ2v) is 8.08. The van der Waals surface area contributed by atoms with Crippen molar-refractivity contribution in [2.75, 3.05) is 31.1 Å². The van der Waals surface area contributed by atoms with Crippen LogP contribution in [0.5, 0.6) is 0 Å². The molecule has 3 heterocycles. The minimum Gasteiger partial charge on any atom is -0.367 e. The molecule has 1 aliphatic heterocycles. The van der Waals surface area contributed by atoms with Gasteiger partial charge in [-0.3, -0.25) is 9.78 Å². The SMILES string of the molecule is Cn1ncc(N2CCN(S(=O)(=O)c3cccnc3)CC2)c(Br)c1=O. The zero-order valence-corrected chi connectivity index (χ0v) is 15.4. The Kier molecular flexibility index (Phi) is 4.70. The van der Waals surface area contributed by atoms with E-state index in [1.165, 1.54) is 27.4 Å². The Morgan fingerprint density at radius 1 is 1.17 bits per heavy atom. The van der Waals surface area contributed by atoms with E-state index in [-0.39, 0.29) is 10.5 Å². The van der Waals surface area contributed by atoms with E-state index >= 15 is 0 Å². The van der Waals surface area contributed by atoms with Crippen LogP contribution in [0.4, 0.5) is 5.69 Å². The van der Waals surface area contributed by atoms with Crippen LogP contribution in [-0.4, -0.2) is 53.7 Å². The van der Waals surface area contributed by atoms with Gasteiger partial charge in [-0.05, 0) is 28.1 Å². The van der Waals surface area contributed by atoms with E-state index in [9.17, 15) is 13.2 Å². The fourth-order valence-corrected chi connectivity index (χ4v) is 4.54. The fourth-order valence-electron chi connectivity index (χ4n) is 2.54. The van der Waals surface area contributed by atoms with Gasteiger partial charge in [0.05, 0.1) is 11.9 Å². The van der Waals surface area contributed by atoms with Gasteiger partial charge < -0.3 is 4.90 Å². The lowest BCUT2D eigenvalue weighted by atomic mass is 10.3. The number of rotatable bonds is 3. The summed E-state index contributed by atoms with van der Waals surface area (Å²) in [6.45, 7) is 1.62. The molecule has 0 amide bonds. The average Bonchev–Trinajstić information content (AvgIpc) is 2.61. The van der Waals surface area contributed by atoms with Gasteiger partial charge in [-0.25, -0.2) is 13.1 Å². The summed E-state index contributed by atoms with van der Waals surface area (Å²) in [5.74, 6) is 0. The van der Waals surface area contributed by atoms with Crippen LogP contribution >= 0.6 is 15.9 Å². The zero-order chi connectivity index (χ0) is 17.3. The molecule has 0 bridgehead atoms. The van der Waals surface area contributed by atoms with Crippen molar-refractivity contribution < 1.29 is 8.42 Å². The van der Waals surface area contributed by atoms with Crippen LogP contribution in [0.1, 0.15) is 0 Å². The highest BCUT2D eigenvalue weighted by Gasteiger charge is 2.29. The number of aromatic nitrogens is 3. The molecule has 0 radical (unpaired) electrons. The van der Waals surface area contributed by atoms with Gasteiger partial charge in [-0.1, -0.05) is 0 Å². The predicted octanol–water partition coefficient (Wildman–Crippen LogP) is 0.449. The highest BCUT2D eigenvalue weighted by atomic mass is 79.9. The summed E-state index contributed by atoms with van der Waals surface area (Å²) in [5.41, 5.74) is 0.453. The van der Waals surface area contributed by atoms with Crippen LogP contribution in [0.3, 0.4) is 0 Å². The van der Waals surface area contributed by atoms with Gasteiger partial charge >= 0.3 is 0 Å². The number of sulfonamides is 1.